The van der Waals surface area contributed by atoms with Gasteiger partial charge >= 0.3 is 5.97 Å². The number of benzene rings is 3. The molecule has 0 saturated heterocycles. The van der Waals surface area contributed by atoms with Crippen LogP contribution < -0.4 is 10.5 Å². The molecule has 4 aromatic rings. The van der Waals surface area contributed by atoms with Crippen LogP contribution in [0.5, 0.6) is 0 Å². The van der Waals surface area contributed by atoms with Crippen molar-refractivity contribution in [2.24, 2.45) is 0 Å². The molecule has 7 nitrogen and oxygen atoms in total. The first kappa shape index (κ1) is 19.3. The topological polar surface area (TPSA) is 92.4 Å². The molecule has 1 heterocycles. The zero-order valence-corrected chi connectivity index (χ0v) is 16.3. The average molecular weight is 401 g/mol. The molecule has 30 heavy (non-hydrogen) atoms. The number of aromatic amines is 1. The third kappa shape index (κ3) is 3.53. The van der Waals surface area contributed by atoms with Gasteiger partial charge in [0.25, 0.3) is 11.5 Å². The molecule has 7 heteroatoms. The van der Waals surface area contributed by atoms with Crippen molar-refractivity contribution in [2.45, 2.75) is 6.92 Å². The van der Waals surface area contributed by atoms with Gasteiger partial charge in [0.1, 0.15) is 0 Å². The normalized spacial score (nSPS) is 10.8. The van der Waals surface area contributed by atoms with E-state index in [1.165, 1.54) is 0 Å². The Hall–Kier alpha value is -4.00. The number of nitrogens with zero attached hydrogens (tertiary/aromatic N) is 2. The smallest absolute Gasteiger partial charge is 0.359 e. The van der Waals surface area contributed by atoms with Gasteiger partial charge in [-0.3, -0.25) is 9.59 Å². The van der Waals surface area contributed by atoms with Crippen LogP contribution in [0.2, 0.25) is 0 Å². The molecule has 0 aliphatic heterocycles. The van der Waals surface area contributed by atoms with Crippen molar-refractivity contribution in [3.05, 3.63) is 82.8 Å². The number of carbonyl (C=O) groups excluding carboxylic acids is 2. The van der Waals surface area contributed by atoms with E-state index in [1.807, 2.05) is 49.4 Å². The van der Waals surface area contributed by atoms with Crippen LogP contribution in [0.15, 0.2) is 71.5 Å². The minimum Gasteiger partial charge on any atom is -0.451 e. The number of carbonyl (C=O) groups is 2. The molecule has 1 N–H and O–H groups in total. The summed E-state index contributed by atoms with van der Waals surface area (Å²) < 4.78 is 5.24. The van der Waals surface area contributed by atoms with E-state index in [-0.39, 0.29) is 11.6 Å². The molecule has 0 atom stereocenters. The van der Waals surface area contributed by atoms with Gasteiger partial charge in [0, 0.05) is 17.3 Å². The van der Waals surface area contributed by atoms with Crippen molar-refractivity contribution in [3.63, 3.8) is 0 Å². The van der Waals surface area contributed by atoms with E-state index in [9.17, 15) is 14.4 Å². The van der Waals surface area contributed by atoms with Crippen LogP contribution in [0, 0.1) is 0 Å². The Kier molecular flexibility index (Phi) is 5.26. The number of ether oxygens (including phenoxy) is 1. The highest BCUT2D eigenvalue weighted by Crippen LogP contribution is 2.26. The SMILES string of the molecule is CCN(C(=O)COC(=O)c1n[nH]c(=O)c2ccccc12)c1cccc2ccccc12. The number of anilines is 1. The van der Waals surface area contributed by atoms with E-state index in [2.05, 4.69) is 10.2 Å². The van der Waals surface area contributed by atoms with Crippen LogP contribution in [0.4, 0.5) is 5.69 Å². The number of amides is 1. The molecule has 0 bridgehead atoms. The molecule has 0 radical (unpaired) electrons. The Morgan fingerprint density at radius 3 is 2.37 bits per heavy atom. The molecular formula is C23H19N3O4. The summed E-state index contributed by atoms with van der Waals surface area (Å²) in [6, 6.07) is 20.1. The monoisotopic (exact) mass is 401 g/mol. The molecule has 0 fully saturated rings. The molecule has 0 spiro atoms. The minimum atomic E-state index is -0.773. The summed E-state index contributed by atoms with van der Waals surface area (Å²) in [5.74, 6) is -1.12. The van der Waals surface area contributed by atoms with Crippen molar-refractivity contribution in [2.75, 3.05) is 18.1 Å². The highest BCUT2D eigenvalue weighted by molar-refractivity contribution is 6.06. The summed E-state index contributed by atoms with van der Waals surface area (Å²) in [7, 11) is 0. The van der Waals surface area contributed by atoms with Gasteiger partial charge in [-0.25, -0.2) is 9.89 Å². The fraction of sp³-hybridized carbons (Fsp3) is 0.130. The molecule has 1 aromatic heterocycles. The van der Waals surface area contributed by atoms with Crippen molar-refractivity contribution in [3.8, 4) is 0 Å². The first-order chi connectivity index (χ1) is 14.6. The summed E-state index contributed by atoms with van der Waals surface area (Å²) in [6.07, 6.45) is 0. The fourth-order valence-electron chi connectivity index (χ4n) is 3.47. The molecule has 150 valence electrons. The zero-order chi connectivity index (χ0) is 21.1. The van der Waals surface area contributed by atoms with Gasteiger partial charge in [0.05, 0.1) is 11.1 Å². The van der Waals surface area contributed by atoms with E-state index < -0.39 is 18.1 Å². The van der Waals surface area contributed by atoms with Gasteiger partial charge in [-0.1, -0.05) is 54.6 Å². The molecule has 4 rings (SSSR count). The first-order valence-electron chi connectivity index (χ1n) is 9.53. The number of rotatable bonds is 5. The number of aromatic nitrogens is 2. The first-order valence-corrected chi connectivity index (χ1v) is 9.53. The fourth-order valence-corrected chi connectivity index (χ4v) is 3.47. The maximum Gasteiger partial charge on any atom is 0.359 e. The third-order valence-electron chi connectivity index (χ3n) is 4.89. The summed E-state index contributed by atoms with van der Waals surface area (Å²) in [4.78, 5) is 38.9. The van der Waals surface area contributed by atoms with E-state index >= 15 is 0 Å². The molecule has 3 aromatic carbocycles. The van der Waals surface area contributed by atoms with E-state index in [0.29, 0.717) is 17.3 Å². The van der Waals surface area contributed by atoms with Crippen molar-refractivity contribution < 1.29 is 14.3 Å². The Morgan fingerprint density at radius 2 is 1.60 bits per heavy atom. The van der Waals surface area contributed by atoms with Gasteiger partial charge in [0.2, 0.25) is 0 Å². The standard InChI is InChI=1S/C23H19N3O4/c1-2-26(19-13-7-9-15-8-3-4-10-16(15)19)20(27)14-30-23(29)21-17-11-5-6-12-18(17)22(28)25-24-21/h3-13H,2,14H2,1H3,(H,25,28). The molecule has 0 aliphatic rings. The molecule has 0 unspecified atom stereocenters. The van der Waals surface area contributed by atoms with E-state index in [0.717, 1.165) is 16.5 Å². The number of fused-ring (bicyclic) bond motifs is 2. The van der Waals surface area contributed by atoms with Crippen LogP contribution in [0.3, 0.4) is 0 Å². The van der Waals surface area contributed by atoms with Gasteiger partial charge in [-0.15, -0.1) is 0 Å². The van der Waals surface area contributed by atoms with Crippen molar-refractivity contribution in [1.29, 1.82) is 0 Å². The lowest BCUT2D eigenvalue weighted by molar-refractivity contribution is -0.121. The van der Waals surface area contributed by atoms with Crippen molar-refractivity contribution in [1.82, 2.24) is 10.2 Å². The van der Waals surface area contributed by atoms with Gasteiger partial charge < -0.3 is 9.64 Å². The lowest BCUT2D eigenvalue weighted by atomic mass is 10.1. The van der Waals surface area contributed by atoms with Gasteiger partial charge in [-0.05, 0) is 24.4 Å². The third-order valence-corrected chi connectivity index (χ3v) is 4.89. The van der Waals surface area contributed by atoms with Crippen LogP contribution in [-0.2, 0) is 9.53 Å². The zero-order valence-electron chi connectivity index (χ0n) is 16.3. The number of esters is 1. The largest absolute Gasteiger partial charge is 0.451 e. The van der Waals surface area contributed by atoms with Crippen LogP contribution in [0.1, 0.15) is 17.4 Å². The summed E-state index contributed by atoms with van der Waals surface area (Å²) in [5, 5.41) is 8.76. The molecule has 0 saturated carbocycles. The maximum absolute atomic E-state index is 12.8. The lowest BCUT2D eigenvalue weighted by Crippen LogP contribution is -2.35. The highest BCUT2D eigenvalue weighted by Gasteiger charge is 2.20. The second-order valence-corrected chi connectivity index (χ2v) is 6.66. The number of likely N-dealkylation sites (N-methyl/N-ethyl adjacent to an activating group) is 1. The number of nitrogens with one attached hydrogen (secondary N) is 1. The second-order valence-electron chi connectivity index (χ2n) is 6.66. The van der Waals surface area contributed by atoms with Crippen LogP contribution in [-0.4, -0.2) is 35.2 Å². The Bertz CT molecular complexity index is 1310. The maximum atomic E-state index is 12.8. The molecular weight excluding hydrogens is 382 g/mol. The Labute approximate surface area is 171 Å². The average Bonchev–Trinajstić information content (AvgIpc) is 2.78. The van der Waals surface area contributed by atoms with Gasteiger partial charge in [-0.2, -0.15) is 5.10 Å². The predicted octanol–water partition coefficient (Wildman–Crippen LogP) is 3.29. The summed E-state index contributed by atoms with van der Waals surface area (Å²) >= 11 is 0. The van der Waals surface area contributed by atoms with E-state index in [1.54, 1.807) is 29.2 Å². The molecule has 0 aliphatic carbocycles. The number of hydrogen-bond donors (Lipinski definition) is 1. The van der Waals surface area contributed by atoms with Gasteiger partial charge in [0.15, 0.2) is 12.3 Å². The molecule has 1 amide bonds. The Balaban J connectivity index is 1.56. The number of H-pyrrole nitrogens is 1. The van der Waals surface area contributed by atoms with Crippen LogP contribution in [0.25, 0.3) is 21.5 Å². The highest BCUT2D eigenvalue weighted by atomic mass is 16.5. The number of hydrogen-bond acceptors (Lipinski definition) is 5. The minimum absolute atomic E-state index is 0.0359. The summed E-state index contributed by atoms with van der Waals surface area (Å²) in [6.45, 7) is 1.84. The predicted molar refractivity (Wildman–Crippen MR) is 115 cm³/mol. The Morgan fingerprint density at radius 1 is 0.933 bits per heavy atom. The lowest BCUT2D eigenvalue weighted by Gasteiger charge is -2.22. The quantitative estimate of drug-likeness (QED) is 0.518. The van der Waals surface area contributed by atoms with Crippen molar-refractivity contribution >= 4 is 39.1 Å². The van der Waals surface area contributed by atoms with Crippen LogP contribution >= 0.6 is 0 Å². The summed E-state index contributed by atoms with van der Waals surface area (Å²) in [5.41, 5.74) is 0.321. The van der Waals surface area contributed by atoms with E-state index in [4.69, 9.17) is 4.74 Å². The second kappa shape index (κ2) is 8.16.